The minimum atomic E-state index is -0.919. The van der Waals surface area contributed by atoms with Gasteiger partial charge in [0.1, 0.15) is 0 Å². The Balaban J connectivity index is 3.13. The molecule has 1 atom stereocenters. The fraction of sp³-hybridized carbons (Fsp3) is 0.429. The summed E-state index contributed by atoms with van der Waals surface area (Å²) >= 11 is 5.60. The minimum Gasteiger partial charge on any atom is -0.406 e. The van der Waals surface area contributed by atoms with Crippen molar-refractivity contribution in [3.05, 3.63) is 23.8 Å². The van der Waals surface area contributed by atoms with Crippen LogP contribution in [-0.2, 0) is 0 Å². The molecule has 7 nitrogen and oxygen atoms in total. The van der Waals surface area contributed by atoms with Crippen molar-refractivity contribution in [2.45, 2.75) is 6.10 Å². The van der Waals surface area contributed by atoms with Gasteiger partial charge in [0.25, 0.3) is 0 Å². The van der Waals surface area contributed by atoms with E-state index in [1.807, 2.05) is 0 Å². The average Bonchev–Trinajstić information content (AvgIpc) is 2.47. The van der Waals surface area contributed by atoms with E-state index < -0.39 is 18.3 Å². The molecule has 0 aliphatic heterocycles. The van der Waals surface area contributed by atoms with E-state index >= 15 is 0 Å². The van der Waals surface area contributed by atoms with Crippen LogP contribution in [0.15, 0.2) is 18.2 Å². The molecule has 1 rings (SSSR count). The predicted molar refractivity (Wildman–Crippen MR) is 81.5 cm³/mol. The molecule has 0 bridgehead atoms. The molecule has 0 fully saturated rings. The molecule has 1 N–H and O–H groups in total. The van der Waals surface area contributed by atoms with E-state index in [0.29, 0.717) is 5.56 Å². The Hall–Kier alpha value is -1.99. The van der Waals surface area contributed by atoms with Gasteiger partial charge in [-0.05, 0) is 17.7 Å². The second-order valence-corrected chi connectivity index (χ2v) is 5.21. The molecule has 0 saturated heterocycles. The first kappa shape index (κ1) is 18.1. The number of carbonyl (C=O) groups is 2. The molecular formula is C14H19ClN2O5. The number of amides is 2. The van der Waals surface area contributed by atoms with Gasteiger partial charge in [-0.3, -0.25) is 0 Å². The average molecular weight is 331 g/mol. The lowest BCUT2D eigenvalue weighted by Gasteiger charge is -2.17. The topological polar surface area (TPSA) is 79.3 Å². The number of carbonyl (C=O) groups excluding carboxylic acids is 2. The third-order valence-electron chi connectivity index (χ3n) is 2.62. The smallest absolute Gasteiger partial charge is 0.406 e. The molecule has 0 aliphatic carbocycles. The summed E-state index contributed by atoms with van der Waals surface area (Å²) in [5.74, 6) is 0.0766. The number of hydrogen-bond donors (Lipinski definition) is 1. The molecule has 1 aromatic carbocycles. The van der Waals surface area contributed by atoms with Crippen molar-refractivity contribution in [2.24, 2.45) is 0 Å². The highest BCUT2D eigenvalue weighted by molar-refractivity contribution is 6.18. The number of aliphatic hydroxyl groups is 1. The molecule has 22 heavy (non-hydrogen) atoms. The first-order valence-corrected chi connectivity index (χ1v) is 6.96. The Morgan fingerprint density at radius 3 is 2.05 bits per heavy atom. The van der Waals surface area contributed by atoms with Gasteiger partial charge in [-0.1, -0.05) is 6.07 Å². The first-order chi connectivity index (χ1) is 10.3. The molecule has 0 saturated carbocycles. The van der Waals surface area contributed by atoms with E-state index in [2.05, 4.69) is 0 Å². The molecule has 2 amide bonds. The summed E-state index contributed by atoms with van der Waals surface area (Å²) in [6.07, 6.45) is -2.18. The van der Waals surface area contributed by atoms with Gasteiger partial charge in [0.2, 0.25) is 0 Å². The summed E-state index contributed by atoms with van der Waals surface area (Å²) in [5, 5.41) is 9.76. The van der Waals surface area contributed by atoms with Gasteiger partial charge in [-0.15, -0.1) is 11.6 Å². The number of ether oxygens (including phenoxy) is 2. The van der Waals surface area contributed by atoms with Crippen molar-refractivity contribution in [2.75, 3.05) is 34.1 Å². The first-order valence-electron chi connectivity index (χ1n) is 6.42. The van der Waals surface area contributed by atoms with Crippen LogP contribution in [-0.4, -0.2) is 61.2 Å². The number of hydrogen-bond acceptors (Lipinski definition) is 5. The van der Waals surface area contributed by atoms with Crippen LogP contribution in [0.5, 0.6) is 11.5 Å². The summed E-state index contributed by atoms with van der Waals surface area (Å²) in [5.41, 5.74) is 0.446. The Kier molecular flexibility index (Phi) is 6.45. The highest BCUT2D eigenvalue weighted by Gasteiger charge is 2.18. The number of halogens is 1. The van der Waals surface area contributed by atoms with Crippen molar-refractivity contribution >= 4 is 23.8 Å². The van der Waals surface area contributed by atoms with Gasteiger partial charge in [0.05, 0.1) is 12.0 Å². The molecule has 1 aromatic rings. The van der Waals surface area contributed by atoms with Crippen LogP contribution in [0.3, 0.4) is 0 Å². The van der Waals surface area contributed by atoms with Crippen molar-refractivity contribution in [1.29, 1.82) is 0 Å². The van der Waals surface area contributed by atoms with Gasteiger partial charge in [-0.2, -0.15) is 0 Å². The number of nitrogens with zero attached hydrogens (tertiary/aromatic N) is 2. The molecule has 0 aromatic heterocycles. The monoisotopic (exact) mass is 330 g/mol. The number of alkyl halides is 1. The lowest BCUT2D eigenvalue weighted by Crippen LogP contribution is -2.27. The van der Waals surface area contributed by atoms with Crippen LogP contribution in [0.4, 0.5) is 9.59 Å². The number of aliphatic hydroxyl groups excluding tert-OH is 1. The van der Waals surface area contributed by atoms with Crippen molar-refractivity contribution in [3.63, 3.8) is 0 Å². The quantitative estimate of drug-likeness (QED) is 0.855. The van der Waals surface area contributed by atoms with Crippen LogP contribution in [0.1, 0.15) is 11.7 Å². The van der Waals surface area contributed by atoms with Gasteiger partial charge in [-0.25, -0.2) is 9.59 Å². The third-order valence-corrected chi connectivity index (χ3v) is 2.92. The molecule has 122 valence electrons. The van der Waals surface area contributed by atoms with E-state index in [1.54, 1.807) is 0 Å². The maximum Gasteiger partial charge on any atom is 0.414 e. The summed E-state index contributed by atoms with van der Waals surface area (Å²) in [4.78, 5) is 25.8. The molecule has 0 radical (unpaired) electrons. The van der Waals surface area contributed by atoms with Crippen LogP contribution >= 0.6 is 11.6 Å². The van der Waals surface area contributed by atoms with Gasteiger partial charge >= 0.3 is 12.2 Å². The fourth-order valence-electron chi connectivity index (χ4n) is 1.36. The van der Waals surface area contributed by atoms with E-state index in [-0.39, 0.29) is 17.4 Å². The van der Waals surface area contributed by atoms with E-state index in [9.17, 15) is 14.7 Å². The van der Waals surface area contributed by atoms with Gasteiger partial charge < -0.3 is 24.4 Å². The fourth-order valence-corrected chi connectivity index (χ4v) is 1.53. The Labute approximate surface area is 134 Å². The third kappa shape index (κ3) is 4.78. The zero-order chi connectivity index (χ0) is 16.9. The van der Waals surface area contributed by atoms with Gasteiger partial charge in [0, 0.05) is 28.2 Å². The summed E-state index contributed by atoms with van der Waals surface area (Å²) < 4.78 is 10.3. The van der Waals surface area contributed by atoms with Crippen molar-refractivity contribution in [1.82, 2.24) is 9.80 Å². The lowest BCUT2D eigenvalue weighted by atomic mass is 10.1. The predicted octanol–water partition coefficient (Wildman–Crippen LogP) is 2.08. The number of rotatable bonds is 4. The maximum absolute atomic E-state index is 11.7. The minimum absolute atomic E-state index is 0.0160. The largest absolute Gasteiger partial charge is 0.414 e. The highest BCUT2D eigenvalue weighted by atomic mass is 35.5. The standard InChI is InChI=1S/C14H19ClN2O5/c1-16(2)13(19)21-11-6-5-9(10(18)8-15)7-12(11)22-14(20)17(3)4/h5-7,10,18H,8H2,1-4H3/t10-/m0/s1. The van der Waals surface area contributed by atoms with Crippen molar-refractivity contribution < 1.29 is 24.2 Å². The molecule has 0 unspecified atom stereocenters. The second-order valence-electron chi connectivity index (χ2n) is 4.90. The summed E-state index contributed by atoms with van der Waals surface area (Å²) in [7, 11) is 6.09. The Bertz CT molecular complexity index is 548. The van der Waals surface area contributed by atoms with Crippen molar-refractivity contribution in [3.8, 4) is 11.5 Å². The van der Waals surface area contributed by atoms with Crippen LogP contribution in [0, 0.1) is 0 Å². The van der Waals surface area contributed by atoms with Crippen LogP contribution in [0.25, 0.3) is 0 Å². The second kappa shape index (κ2) is 7.86. The summed E-state index contributed by atoms with van der Waals surface area (Å²) in [6.45, 7) is 0. The lowest BCUT2D eigenvalue weighted by molar-refractivity contribution is 0.160. The van der Waals surface area contributed by atoms with Gasteiger partial charge in [0.15, 0.2) is 11.5 Å². The Morgan fingerprint density at radius 2 is 1.59 bits per heavy atom. The number of benzene rings is 1. The molecule has 0 spiro atoms. The van der Waals surface area contributed by atoms with E-state index in [1.165, 1.54) is 56.2 Å². The highest BCUT2D eigenvalue weighted by Crippen LogP contribution is 2.31. The SMILES string of the molecule is CN(C)C(=O)Oc1ccc([C@@H](O)CCl)cc1OC(=O)N(C)C. The zero-order valence-electron chi connectivity index (χ0n) is 12.9. The molecule has 0 heterocycles. The van der Waals surface area contributed by atoms with E-state index in [0.717, 1.165) is 0 Å². The molecular weight excluding hydrogens is 312 g/mol. The maximum atomic E-state index is 11.7. The van der Waals surface area contributed by atoms with Crippen LogP contribution in [0.2, 0.25) is 0 Å². The zero-order valence-corrected chi connectivity index (χ0v) is 13.6. The summed E-state index contributed by atoms with van der Waals surface area (Å²) in [6, 6.07) is 4.38. The molecule has 8 heteroatoms. The normalized spacial score (nSPS) is 11.5. The molecule has 0 aliphatic rings. The van der Waals surface area contributed by atoms with Crippen LogP contribution < -0.4 is 9.47 Å². The van der Waals surface area contributed by atoms with E-state index in [4.69, 9.17) is 21.1 Å². The Morgan fingerprint density at radius 1 is 1.09 bits per heavy atom.